The van der Waals surface area contributed by atoms with Gasteiger partial charge in [-0.05, 0) is 75.5 Å². The van der Waals surface area contributed by atoms with Gasteiger partial charge in [-0.15, -0.1) is 0 Å². The van der Waals surface area contributed by atoms with Gasteiger partial charge >= 0.3 is 0 Å². The minimum Gasteiger partial charge on any atom is -0.311 e. The molecule has 2 nitrogen and oxygen atoms in total. The lowest BCUT2D eigenvalue weighted by Crippen LogP contribution is -2.20. The van der Waals surface area contributed by atoms with Crippen LogP contribution in [0.2, 0.25) is 5.02 Å². The van der Waals surface area contributed by atoms with Gasteiger partial charge < -0.3 is 5.32 Å². The number of rotatable bonds is 4. The molecule has 1 unspecified atom stereocenters. The van der Waals surface area contributed by atoms with Crippen molar-refractivity contribution < 1.29 is 0 Å². The second-order valence-electron chi connectivity index (χ2n) is 4.66. The van der Waals surface area contributed by atoms with Crippen molar-refractivity contribution in [1.82, 2.24) is 10.3 Å². The maximum absolute atomic E-state index is 6.32. The molecule has 1 aromatic carbocycles. The molecule has 0 fully saturated rings. The summed E-state index contributed by atoms with van der Waals surface area (Å²) in [4.78, 5) is 4.49. The third-order valence-electron chi connectivity index (χ3n) is 3.15. The molecule has 0 aliphatic rings. The van der Waals surface area contributed by atoms with E-state index >= 15 is 0 Å². The van der Waals surface area contributed by atoms with E-state index in [-0.39, 0.29) is 6.04 Å². The Kier molecular flexibility index (Phi) is 5.61. The van der Waals surface area contributed by atoms with Crippen molar-refractivity contribution >= 4 is 43.5 Å². The second-order valence-corrected chi connectivity index (χ2v) is 6.84. The summed E-state index contributed by atoms with van der Waals surface area (Å²) in [6.45, 7) is 2.04. The molecule has 1 atom stereocenters. The Morgan fingerprint density at radius 1 is 1.30 bits per heavy atom. The van der Waals surface area contributed by atoms with Gasteiger partial charge in [-0.2, -0.15) is 0 Å². The Bertz CT molecular complexity index is 617. The zero-order chi connectivity index (χ0) is 14.7. The van der Waals surface area contributed by atoms with E-state index in [2.05, 4.69) is 54.3 Å². The molecule has 1 heterocycles. The number of nitrogens with one attached hydrogen (secondary N) is 1. The topological polar surface area (TPSA) is 24.9 Å². The maximum Gasteiger partial charge on any atom is 0.0719 e. The van der Waals surface area contributed by atoms with Crippen molar-refractivity contribution in [3.63, 3.8) is 0 Å². The molecule has 0 bridgehead atoms. The van der Waals surface area contributed by atoms with Crippen LogP contribution in [0.25, 0.3) is 0 Å². The summed E-state index contributed by atoms with van der Waals surface area (Å²) >= 11 is 13.3. The van der Waals surface area contributed by atoms with E-state index in [0.717, 1.165) is 31.6 Å². The van der Waals surface area contributed by atoms with Gasteiger partial charge in [0, 0.05) is 20.2 Å². The predicted molar refractivity (Wildman–Crippen MR) is 91.3 cm³/mol. The molecule has 2 aromatic rings. The lowest BCUT2D eigenvalue weighted by molar-refractivity contribution is 0.573. The van der Waals surface area contributed by atoms with Crippen LogP contribution in [-0.4, -0.2) is 12.0 Å². The maximum atomic E-state index is 6.32. The zero-order valence-corrected chi connectivity index (χ0v) is 15.2. The fraction of sp³-hybridized carbons (Fsp3) is 0.267. The number of hydrogen-bond acceptors (Lipinski definition) is 2. The lowest BCUT2D eigenvalue weighted by atomic mass is 10.0. The van der Waals surface area contributed by atoms with E-state index in [1.807, 2.05) is 26.1 Å². The average molecular weight is 419 g/mol. The van der Waals surface area contributed by atoms with E-state index < -0.39 is 0 Å². The van der Waals surface area contributed by atoms with Crippen LogP contribution in [0.15, 0.2) is 39.4 Å². The van der Waals surface area contributed by atoms with Gasteiger partial charge in [-0.25, -0.2) is 0 Å². The van der Waals surface area contributed by atoms with Crippen molar-refractivity contribution in [1.29, 1.82) is 0 Å². The monoisotopic (exact) mass is 416 g/mol. The van der Waals surface area contributed by atoms with Crippen LogP contribution in [0.3, 0.4) is 0 Å². The lowest BCUT2D eigenvalue weighted by Gasteiger charge is -2.18. The van der Waals surface area contributed by atoms with E-state index in [0.29, 0.717) is 0 Å². The van der Waals surface area contributed by atoms with Gasteiger partial charge in [-0.3, -0.25) is 4.98 Å². The van der Waals surface area contributed by atoms with Crippen molar-refractivity contribution in [2.24, 2.45) is 0 Å². The van der Waals surface area contributed by atoms with Crippen LogP contribution >= 0.6 is 43.5 Å². The summed E-state index contributed by atoms with van der Waals surface area (Å²) in [7, 11) is 1.93. The number of likely N-dealkylation sites (N-methyl/N-ethyl adjacent to an activating group) is 1. The normalized spacial score (nSPS) is 12.4. The molecular formula is C15H15Br2ClN2. The van der Waals surface area contributed by atoms with Crippen LogP contribution in [0.1, 0.15) is 22.9 Å². The SMILES string of the molecule is CNC(Cc1ccc(C)cc1Cl)c1ncc(Br)cc1Br. The largest absolute Gasteiger partial charge is 0.311 e. The van der Waals surface area contributed by atoms with Gasteiger partial charge in [0.15, 0.2) is 0 Å². The minimum absolute atomic E-state index is 0.109. The molecule has 0 aliphatic carbocycles. The van der Waals surface area contributed by atoms with Crippen molar-refractivity contribution in [3.05, 3.63) is 61.3 Å². The molecule has 0 saturated heterocycles. The highest BCUT2D eigenvalue weighted by molar-refractivity contribution is 9.11. The first kappa shape index (κ1) is 16.0. The quantitative estimate of drug-likeness (QED) is 0.750. The highest BCUT2D eigenvalue weighted by Crippen LogP contribution is 2.28. The van der Waals surface area contributed by atoms with Crippen molar-refractivity contribution in [2.75, 3.05) is 7.05 Å². The molecule has 0 radical (unpaired) electrons. The molecule has 1 N–H and O–H groups in total. The van der Waals surface area contributed by atoms with Crippen LogP contribution in [0, 0.1) is 6.92 Å². The van der Waals surface area contributed by atoms with Gasteiger partial charge in [0.05, 0.1) is 11.7 Å². The molecule has 1 aromatic heterocycles. The van der Waals surface area contributed by atoms with Gasteiger partial charge in [0.1, 0.15) is 0 Å². The molecule has 0 aliphatic heterocycles. The Labute approximate surface area is 141 Å². The number of aromatic nitrogens is 1. The average Bonchev–Trinajstić information content (AvgIpc) is 2.39. The summed E-state index contributed by atoms with van der Waals surface area (Å²) in [5, 5.41) is 4.11. The first-order valence-corrected chi connectivity index (χ1v) is 8.21. The Balaban J connectivity index is 2.28. The molecule has 20 heavy (non-hydrogen) atoms. The summed E-state index contributed by atoms with van der Waals surface area (Å²) in [6, 6.07) is 8.27. The zero-order valence-electron chi connectivity index (χ0n) is 11.3. The van der Waals surface area contributed by atoms with E-state index in [4.69, 9.17) is 11.6 Å². The Morgan fingerprint density at radius 2 is 2.05 bits per heavy atom. The van der Waals surface area contributed by atoms with Gasteiger partial charge in [0.25, 0.3) is 0 Å². The fourth-order valence-corrected chi connectivity index (χ4v) is 3.63. The van der Waals surface area contributed by atoms with Crippen LogP contribution < -0.4 is 5.32 Å². The second kappa shape index (κ2) is 7.03. The van der Waals surface area contributed by atoms with Crippen molar-refractivity contribution in [3.8, 4) is 0 Å². The molecule has 0 spiro atoms. The van der Waals surface area contributed by atoms with Crippen LogP contribution in [0.4, 0.5) is 0 Å². The standard InChI is InChI=1S/C15H15Br2ClN2/c1-9-3-4-10(13(18)5-9)6-14(19-2)15-12(17)7-11(16)8-20-15/h3-5,7-8,14,19H,6H2,1-2H3. The van der Waals surface area contributed by atoms with E-state index in [1.54, 1.807) is 6.20 Å². The highest BCUT2D eigenvalue weighted by atomic mass is 79.9. The van der Waals surface area contributed by atoms with Crippen LogP contribution in [-0.2, 0) is 6.42 Å². The number of benzene rings is 1. The highest BCUT2D eigenvalue weighted by Gasteiger charge is 2.16. The van der Waals surface area contributed by atoms with Gasteiger partial charge in [-0.1, -0.05) is 23.7 Å². The van der Waals surface area contributed by atoms with Gasteiger partial charge in [0.2, 0.25) is 0 Å². The summed E-state index contributed by atoms with van der Waals surface area (Å²) in [6.07, 6.45) is 2.60. The predicted octanol–water partition coefficient (Wildman–Crippen LogP) is 5.07. The van der Waals surface area contributed by atoms with Crippen LogP contribution in [0.5, 0.6) is 0 Å². The number of hydrogen-bond donors (Lipinski definition) is 1. The summed E-state index contributed by atoms with van der Waals surface area (Å²) < 4.78 is 1.94. The van der Waals surface area contributed by atoms with E-state index in [1.165, 1.54) is 5.56 Å². The first-order chi connectivity index (χ1) is 9.51. The Morgan fingerprint density at radius 3 is 2.65 bits per heavy atom. The molecule has 0 amide bonds. The third kappa shape index (κ3) is 3.82. The number of halogens is 3. The smallest absolute Gasteiger partial charge is 0.0719 e. The first-order valence-electron chi connectivity index (χ1n) is 6.24. The number of aryl methyl sites for hydroxylation is 1. The molecule has 106 valence electrons. The summed E-state index contributed by atoms with van der Waals surface area (Å²) in [5.74, 6) is 0. The molecule has 2 rings (SSSR count). The van der Waals surface area contributed by atoms with E-state index in [9.17, 15) is 0 Å². The summed E-state index contributed by atoms with van der Waals surface area (Å²) in [5.41, 5.74) is 3.27. The number of pyridine rings is 1. The molecule has 0 saturated carbocycles. The fourth-order valence-electron chi connectivity index (χ4n) is 2.05. The Hall–Kier alpha value is -0.420. The van der Waals surface area contributed by atoms with Crippen molar-refractivity contribution in [2.45, 2.75) is 19.4 Å². The molecule has 5 heteroatoms. The third-order valence-corrected chi connectivity index (χ3v) is 4.57. The number of nitrogens with zero attached hydrogens (tertiary/aromatic N) is 1. The minimum atomic E-state index is 0.109. The molecular weight excluding hydrogens is 403 g/mol.